The third-order valence-electron chi connectivity index (χ3n) is 12.1. The molecule has 0 radical (unpaired) electrons. The Bertz CT molecular complexity index is 1170. The van der Waals surface area contributed by atoms with E-state index in [1.807, 2.05) is 6.92 Å². The smallest absolute Gasteiger partial charge is 0.261 e. The average Bonchev–Trinajstić information content (AvgIpc) is 3.26. The normalized spacial score (nSPS) is 42.7. The van der Waals surface area contributed by atoms with Gasteiger partial charge in [-0.05, 0) is 105 Å². The molecule has 1 aromatic rings. The van der Waals surface area contributed by atoms with Gasteiger partial charge in [0.25, 0.3) is 10.1 Å². The van der Waals surface area contributed by atoms with E-state index >= 15 is 0 Å². The SMILES string of the molecule is CC(=O)[C@H]1CC[C@H]2[C@@H]3CC[C@H]4C[C@H](O)[C@@H](N5CCO[C@@H](Cc6ccccc6)C5)C[C@]4(C)[C@H]3CC[C@]12C.CS(=O)(=O)O. The molecule has 41 heavy (non-hydrogen) atoms. The van der Waals surface area contributed by atoms with Crippen LogP contribution in [0.1, 0.15) is 77.7 Å². The number of ketones is 1. The van der Waals surface area contributed by atoms with Gasteiger partial charge in [0.1, 0.15) is 5.78 Å². The van der Waals surface area contributed by atoms with E-state index in [9.17, 15) is 18.3 Å². The molecular weight excluding hydrogens is 538 g/mol. The van der Waals surface area contributed by atoms with Gasteiger partial charge in [0.05, 0.1) is 25.1 Å². The number of nitrogens with zero attached hydrogens (tertiary/aromatic N) is 1. The lowest BCUT2D eigenvalue weighted by molar-refractivity contribution is -0.160. The Morgan fingerprint density at radius 1 is 1.05 bits per heavy atom. The van der Waals surface area contributed by atoms with E-state index in [4.69, 9.17) is 9.29 Å². The van der Waals surface area contributed by atoms with E-state index in [2.05, 4.69) is 49.1 Å². The zero-order chi connectivity index (χ0) is 29.6. The highest BCUT2D eigenvalue weighted by Gasteiger charge is 2.62. The second kappa shape index (κ2) is 12.0. The van der Waals surface area contributed by atoms with E-state index in [1.54, 1.807) is 0 Å². The van der Waals surface area contributed by atoms with Crippen molar-refractivity contribution in [2.24, 2.45) is 40.4 Å². The summed E-state index contributed by atoms with van der Waals surface area (Å²) in [7, 11) is -3.67. The van der Waals surface area contributed by atoms with Gasteiger partial charge in [-0.25, -0.2) is 0 Å². The predicted octanol–water partition coefficient (Wildman–Crippen LogP) is 5.02. The van der Waals surface area contributed by atoms with Gasteiger partial charge in [-0.15, -0.1) is 0 Å². The lowest BCUT2D eigenvalue weighted by Gasteiger charge is -2.62. The molecule has 0 amide bonds. The number of Topliss-reactive ketones (excluding diaryl/α,β-unsaturated/α-hetero) is 1. The molecule has 6 rings (SSSR count). The first-order chi connectivity index (χ1) is 19.3. The molecule has 0 aromatic heterocycles. The van der Waals surface area contributed by atoms with Gasteiger partial charge in [0.2, 0.25) is 0 Å². The average molecular weight is 590 g/mol. The Morgan fingerprint density at radius 3 is 2.41 bits per heavy atom. The first-order valence-corrected chi connectivity index (χ1v) is 17.6. The second-order valence-electron chi connectivity index (χ2n) is 14.4. The highest BCUT2D eigenvalue weighted by atomic mass is 32.2. The molecule has 0 unspecified atom stereocenters. The van der Waals surface area contributed by atoms with Crippen LogP contribution in [0.4, 0.5) is 0 Å². The van der Waals surface area contributed by atoms with Crippen molar-refractivity contribution in [2.75, 3.05) is 26.0 Å². The van der Waals surface area contributed by atoms with Crippen molar-refractivity contribution < 1.29 is 27.6 Å². The predicted molar refractivity (Wildman–Crippen MR) is 160 cm³/mol. The van der Waals surface area contributed by atoms with Crippen molar-refractivity contribution in [3.05, 3.63) is 35.9 Å². The highest BCUT2D eigenvalue weighted by Crippen LogP contribution is 2.67. The summed E-state index contributed by atoms with van der Waals surface area (Å²) in [5.41, 5.74) is 1.86. The third kappa shape index (κ3) is 6.47. The number of hydrogen-bond donors (Lipinski definition) is 2. The van der Waals surface area contributed by atoms with Gasteiger partial charge in [-0.3, -0.25) is 14.2 Å². The molecule has 10 atom stereocenters. The highest BCUT2D eigenvalue weighted by molar-refractivity contribution is 7.85. The molecule has 4 aliphatic carbocycles. The van der Waals surface area contributed by atoms with Crippen molar-refractivity contribution in [3.8, 4) is 0 Å². The van der Waals surface area contributed by atoms with Crippen LogP contribution in [0.15, 0.2) is 30.3 Å². The summed E-state index contributed by atoms with van der Waals surface area (Å²) in [5.74, 6) is 3.57. The maximum absolute atomic E-state index is 12.5. The van der Waals surface area contributed by atoms with Gasteiger partial charge in [-0.2, -0.15) is 8.42 Å². The number of morpholine rings is 1. The van der Waals surface area contributed by atoms with Crippen LogP contribution in [0.5, 0.6) is 0 Å². The summed E-state index contributed by atoms with van der Waals surface area (Å²) in [6.45, 7) is 9.50. The molecule has 1 saturated heterocycles. The number of carbonyl (C=O) groups excluding carboxylic acids is 1. The zero-order valence-electron chi connectivity index (χ0n) is 25.4. The summed E-state index contributed by atoms with van der Waals surface area (Å²) in [6.07, 6.45) is 11.1. The van der Waals surface area contributed by atoms with Gasteiger partial charge in [0.15, 0.2) is 0 Å². The Labute approximate surface area is 247 Å². The van der Waals surface area contributed by atoms with Crippen molar-refractivity contribution in [2.45, 2.75) is 96.8 Å². The van der Waals surface area contributed by atoms with Gasteiger partial charge in [0, 0.05) is 25.0 Å². The minimum Gasteiger partial charge on any atom is -0.391 e. The van der Waals surface area contributed by atoms with Crippen molar-refractivity contribution in [3.63, 3.8) is 0 Å². The number of aliphatic hydroxyl groups is 1. The Hall–Kier alpha value is -1.32. The fourth-order valence-corrected chi connectivity index (χ4v) is 10.4. The minimum atomic E-state index is -3.67. The Kier molecular flexibility index (Phi) is 9.10. The third-order valence-corrected chi connectivity index (χ3v) is 12.1. The topological polar surface area (TPSA) is 104 Å². The molecule has 1 heterocycles. The molecule has 0 bridgehead atoms. The van der Waals surface area contributed by atoms with E-state index in [-0.39, 0.29) is 29.6 Å². The quantitative estimate of drug-likeness (QED) is 0.475. The molecule has 1 aliphatic heterocycles. The van der Waals surface area contributed by atoms with Crippen LogP contribution in [0.25, 0.3) is 0 Å². The van der Waals surface area contributed by atoms with Crippen LogP contribution in [0, 0.1) is 40.4 Å². The first-order valence-electron chi connectivity index (χ1n) is 15.8. The van der Waals surface area contributed by atoms with E-state index in [1.165, 1.54) is 37.7 Å². The molecule has 8 heteroatoms. The summed E-state index contributed by atoms with van der Waals surface area (Å²) in [4.78, 5) is 15.1. The Balaban J connectivity index is 0.000000623. The fraction of sp³-hybridized carbons (Fsp3) is 0.788. The van der Waals surface area contributed by atoms with Crippen LogP contribution in [0.2, 0.25) is 0 Å². The molecule has 5 fully saturated rings. The standard InChI is InChI=1S/C32H47NO3.CH4O3S/c1-21(34)26-11-12-27-25-10-9-23-18-30(35)29(19-32(23,3)28(25)13-14-31(26,27)2)33-15-16-36-24(20-33)17-22-7-5-4-6-8-22;1-5(2,3)4/h4-8,23-30,35H,9-20H2,1-3H3;1H3,(H,2,3,4)/t23-,24-,25-,26+,27-,28-,29-,30-,31+,32-;/m0./s1. The minimum absolute atomic E-state index is 0.204. The zero-order valence-corrected chi connectivity index (χ0v) is 26.2. The van der Waals surface area contributed by atoms with Crippen LogP contribution in [-0.4, -0.2) is 73.0 Å². The number of aliphatic hydroxyl groups excluding tert-OH is 1. The van der Waals surface area contributed by atoms with E-state index in [0.29, 0.717) is 29.3 Å². The number of fused-ring (bicyclic) bond motifs is 5. The summed E-state index contributed by atoms with van der Waals surface area (Å²) in [5, 5.41) is 11.4. The molecule has 2 N–H and O–H groups in total. The van der Waals surface area contributed by atoms with Gasteiger partial charge in [-0.1, -0.05) is 44.2 Å². The summed E-state index contributed by atoms with van der Waals surface area (Å²) in [6, 6.07) is 10.9. The van der Waals surface area contributed by atoms with Gasteiger partial charge >= 0.3 is 0 Å². The number of carbonyl (C=O) groups is 1. The number of ether oxygens (including phenoxy) is 1. The molecule has 7 nitrogen and oxygen atoms in total. The van der Waals surface area contributed by atoms with Gasteiger partial charge < -0.3 is 9.84 Å². The largest absolute Gasteiger partial charge is 0.391 e. The summed E-state index contributed by atoms with van der Waals surface area (Å²) >= 11 is 0. The maximum Gasteiger partial charge on any atom is 0.261 e. The number of benzene rings is 1. The second-order valence-corrected chi connectivity index (χ2v) is 15.9. The molecule has 1 aromatic carbocycles. The number of rotatable bonds is 4. The van der Waals surface area contributed by atoms with E-state index in [0.717, 1.165) is 57.2 Å². The van der Waals surface area contributed by atoms with Crippen LogP contribution >= 0.6 is 0 Å². The fourth-order valence-electron chi connectivity index (χ4n) is 10.4. The molecular formula is C33H51NO6S. The maximum atomic E-state index is 12.5. The van der Waals surface area contributed by atoms with Crippen molar-refractivity contribution >= 4 is 15.9 Å². The van der Waals surface area contributed by atoms with Crippen molar-refractivity contribution in [1.29, 1.82) is 0 Å². The monoisotopic (exact) mass is 589 g/mol. The van der Waals surface area contributed by atoms with Crippen LogP contribution in [0.3, 0.4) is 0 Å². The van der Waals surface area contributed by atoms with Crippen LogP contribution in [-0.2, 0) is 26.1 Å². The first kappa shape index (κ1) is 31.1. The summed E-state index contributed by atoms with van der Waals surface area (Å²) < 4.78 is 32.1. The molecule has 230 valence electrons. The molecule has 4 saturated carbocycles. The molecule has 0 spiro atoms. The van der Waals surface area contributed by atoms with Crippen LogP contribution < -0.4 is 0 Å². The number of hydrogen-bond acceptors (Lipinski definition) is 6. The van der Waals surface area contributed by atoms with Crippen molar-refractivity contribution in [1.82, 2.24) is 4.90 Å². The lowest BCUT2D eigenvalue weighted by Crippen LogP contribution is -2.61. The Morgan fingerprint density at radius 2 is 1.73 bits per heavy atom. The van der Waals surface area contributed by atoms with E-state index < -0.39 is 10.1 Å². The molecule has 5 aliphatic rings. The lowest BCUT2D eigenvalue weighted by atomic mass is 9.44.